The van der Waals surface area contributed by atoms with Crippen LogP contribution in [0.1, 0.15) is 16.8 Å². The Labute approximate surface area is 287 Å². The molecule has 3 aromatic carbocycles. The highest BCUT2D eigenvalue weighted by Crippen LogP contribution is 2.46. The number of phenols is 1. The monoisotopic (exact) mass is 709 g/mol. The van der Waals surface area contributed by atoms with Crippen LogP contribution in [0.2, 0.25) is 5.02 Å². The van der Waals surface area contributed by atoms with Crippen LogP contribution >= 0.6 is 11.6 Å². The van der Waals surface area contributed by atoms with Crippen LogP contribution in [0.25, 0.3) is 33.6 Å². The average molecular weight is 710 g/mol. The summed E-state index contributed by atoms with van der Waals surface area (Å²) in [6, 6.07) is 15.9. The molecular weight excluding hydrogens is 682 g/mol. The van der Waals surface area contributed by atoms with Crippen LogP contribution in [0.15, 0.2) is 83.7 Å². The van der Waals surface area contributed by atoms with Gasteiger partial charge in [-0.05, 0) is 66.1 Å². The summed E-state index contributed by atoms with van der Waals surface area (Å²) in [5.74, 6) is -0.401. The highest BCUT2D eigenvalue weighted by Gasteiger charge is 2.30. The smallest absolute Gasteiger partial charge is 0.408 e. The van der Waals surface area contributed by atoms with E-state index in [1.54, 1.807) is 49.4 Å². The van der Waals surface area contributed by atoms with Crippen LogP contribution < -0.4 is 10.1 Å². The lowest BCUT2D eigenvalue weighted by molar-refractivity contribution is -0.143. The SMILES string of the molecule is COC(=O)C(Cc1ccccc1OCc1ccnn1CC(F)(F)F)Nc1ncnc2oc(-c3ccc(F)cc3)c(-c3ccc(O)c(Cl)c3C)c12. The maximum atomic E-state index is 13.9. The quantitative estimate of drug-likeness (QED) is 0.102. The number of aromatic nitrogens is 4. The largest absolute Gasteiger partial charge is 0.506 e. The Morgan fingerprint density at radius 1 is 1.08 bits per heavy atom. The number of aromatic hydroxyl groups is 1. The van der Waals surface area contributed by atoms with E-state index in [1.165, 1.54) is 43.9 Å². The minimum atomic E-state index is -4.47. The lowest BCUT2D eigenvalue weighted by atomic mass is 9.95. The molecule has 0 fully saturated rings. The van der Waals surface area contributed by atoms with Crippen molar-refractivity contribution in [3.05, 3.63) is 107 Å². The number of nitrogens with one attached hydrogen (secondary N) is 1. The number of carbonyl (C=O) groups is 1. The summed E-state index contributed by atoms with van der Waals surface area (Å²) in [6.07, 6.45) is -1.95. The minimum Gasteiger partial charge on any atom is -0.506 e. The second kappa shape index (κ2) is 14.1. The molecule has 0 aliphatic rings. The number of anilines is 1. The molecule has 3 heterocycles. The third-order valence-electron chi connectivity index (χ3n) is 7.93. The molecule has 10 nitrogen and oxygen atoms in total. The first-order valence-corrected chi connectivity index (χ1v) is 15.5. The first-order chi connectivity index (χ1) is 23.9. The molecule has 0 spiro atoms. The van der Waals surface area contributed by atoms with Gasteiger partial charge in [0.05, 0.1) is 23.2 Å². The number of benzene rings is 3. The number of ether oxygens (including phenoxy) is 2. The van der Waals surface area contributed by atoms with Crippen LogP contribution in [0.5, 0.6) is 11.5 Å². The summed E-state index contributed by atoms with van der Waals surface area (Å²) < 4.78 is 71.1. The van der Waals surface area contributed by atoms with Gasteiger partial charge in [-0.1, -0.05) is 35.9 Å². The van der Waals surface area contributed by atoms with Crippen molar-refractivity contribution < 1.29 is 41.4 Å². The molecule has 6 rings (SSSR count). The Balaban J connectivity index is 1.38. The normalized spacial score (nSPS) is 12.2. The molecule has 2 N–H and O–H groups in total. The standard InChI is InChI=1S/C35H28ClF4N5O5/c1-19-24(11-12-26(46)30(19)36)28-29-32(41-18-42-33(29)50-31(28)20-7-9-22(37)10-8-20)44-25(34(47)48-2)15-21-5-3-4-6-27(21)49-16-23-13-14-43-45(23)17-35(38,39)40/h3-14,18,25,46H,15-17H2,1-2H3,(H,41,42,44). The second-order valence-electron chi connectivity index (χ2n) is 11.2. The van der Waals surface area contributed by atoms with Gasteiger partial charge in [-0.2, -0.15) is 18.3 Å². The van der Waals surface area contributed by atoms with Crippen molar-refractivity contribution in [2.75, 3.05) is 12.4 Å². The topological polar surface area (TPSA) is 125 Å². The summed E-state index contributed by atoms with van der Waals surface area (Å²) in [4.78, 5) is 22.0. The van der Waals surface area contributed by atoms with Crippen LogP contribution in [0.4, 0.5) is 23.4 Å². The van der Waals surface area contributed by atoms with Crippen LogP contribution in [0, 0.1) is 12.7 Å². The van der Waals surface area contributed by atoms with Gasteiger partial charge in [0.1, 0.15) is 54.4 Å². The summed E-state index contributed by atoms with van der Waals surface area (Å²) in [7, 11) is 1.23. The van der Waals surface area contributed by atoms with E-state index in [2.05, 4.69) is 20.4 Å². The van der Waals surface area contributed by atoms with Crippen molar-refractivity contribution in [3.8, 4) is 33.9 Å². The van der Waals surface area contributed by atoms with E-state index in [0.29, 0.717) is 44.7 Å². The van der Waals surface area contributed by atoms with Gasteiger partial charge in [0, 0.05) is 23.7 Å². The molecule has 258 valence electrons. The van der Waals surface area contributed by atoms with E-state index < -0.39 is 30.5 Å². The number of furan rings is 1. The van der Waals surface area contributed by atoms with E-state index >= 15 is 0 Å². The maximum Gasteiger partial charge on any atom is 0.408 e. The van der Waals surface area contributed by atoms with Gasteiger partial charge >= 0.3 is 12.1 Å². The van der Waals surface area contributed by atoms with Gasteiger partial charge in [0.25, 0.3) is 0 Å². The number of phenolic OH excluding ortho intramolecular Hbond substituents is 1. The lowest BCUT2D eigenvalue weighted by Crippen LogP contribution is -2.33. The van der Waals surface area contributed by atoms with E-state index in [0.717, 1.165) is 4.68 Å². The van der Waals surface area contributed by atoms with E-state index in [1.807, 2.05) is 0 Å². The van der Waals surface area contributed by atoms with Crippen molar-refractivity contribution in [2.45, 2.75) is 38.7 Å². The van der Waals surface area contributed by atoms with Crippen molar-refractivity contribution in [2.24, 2.45) is 0 Å². The minimum absolute atomic E-state index is 0.0121. The number of para-hydroxylation sites is 1. The van der Waals surface area contributed by atoms with Crippen molar-refractivity contribution in [1.82, 2.24) is 19.7 Å². The first kappa shape index (κ1) is 34.2. The predicted octanol–water partition coefficient (Wildman–Crippen LogP) is 7.90. The van der Waals surface area contributed by atoms with Gasteiger partial charge in [0.2, 0.25) is 5.71 Å². The number of nitrogens with zero attached hydrogens (tertiary/aromatic N) is 4. The lowest BCUT2D eigenvalue weighted by Gasteiger charge is -2.20. The van der Waals surface area contributed by atoms with Crippen molar-refractivity contribution in [3.63, 3.8) is 0 Å². The van der Waals surface area contributed by atoms with Gasteiger partial charge in [0.15, 0.2) is 0 Å². The number of methoxy groups -OCH3 is 1. The molecule has 0 radical (unpaired) electrons. The van der Waals surface area contributed by atoms with E-state index in [-0.39, 0.29) is 41.0 Å². The number of esters is 1. The summed E-state index contributed by atoms with van der Waals surface area (Å²) >= 11 is 6.45. The third kappa shape index (κ3) is 7.20. The average Bonchev–Trinajstić information content (AvgIpc) is 3.70. The number of halogens is 5. The Bertz CT molecular complexity index is 2170. The number of fused-ring (bicyclic) bond motifs is 1. The summed E-state index contributed by atoms with van der Waals surface area (Å²) in [5, 5.41) is 17.7. The van der Waals surface area contributed by atoms with Crippen molar-refractivity contribution >= 4 is 34.5 Å². The van der Waals surface area contributed by atoms with Gasteiger partial charge < -0.3 is 24.3 Å². The zero-order chi connectivity index (χ0) is 35.6. The number of carbonyl (C=O) groups excluding carboxylic acids is 1. The van der Waals surface area contributed by atoms with E-state index in [4.69, 9.17) is 25.5 Å². The molecular formula is C35H28ClF4N5O5. The Hall–Kier alpha value is -5.63. The Morgan fingerprint density at radius 2 is 1.84 bits per heavy atom. The zero-order valence-electron chi connectivity index (χ0n) is 26.5. The number of hydrogen-bond acceptors (Lipinski definition) is 9. The molecule has 0 aliphatic carbocycles. The van der Waals surface area contributed by atoms with Gasteiger partial charge in [-0.3, -0.25) is 4.68 Å². The van der Waals surface area contributed by atoms with Crippen LogP contribution in [-0.2, 0) is 29.1 Å². The highest BCUT2D eigenvalue weighted by atomic mass is 35.5. The first-order valence-electron chi connectivity index (χ1n) is 15.1. The molecule has 3 aromatic heterocycles. The summed E-state index contributed by atoms with van der Waals surface area (Å²) in [6.45, 7) is 0.234. The van der Waals surface area contributed by atoms with Gasteiger partial charge in [-0.25, -0.2) is 19.2 Å². The molecule has 0 bridgehead atoms. The molecule has 50 heavy (non-hydrogen) atoms. The second-order valence-corrected chi connectivity index (χ2v) is 11.6. The molecule has 1 atom stereocenters. The number of alkyl halides is 3. The molecule has 0 saturated heterocycles. The molecule has 15 heteroatoms. The summed E-state index contributed by atoms with van der Waals surface area (Å²) in [5.41, 5.74) is 2.95. The molecule has 0 amide bonds. The fourth-order valence-electron chi connectivity index (χ4n) is 5.53. The maximum absolute atomic E-state index is 13.9. The molecule has 1 unspecified atom stereocenters. The Kier molecular flexibility index (Phi) is 9.64. The zero-order valence-corrected chi connectivity index (χ0v) is 27.2. The molecule has 0 saturated carbocycles. The highest BCUT2D eigenvalue weighted by molar-refractivity contribution is 6.33. The van der Waals surface area contributed by atoms with Gasteiger partial charge in [-0.15, -0.1) is 0 Å². The third-order valence-corrected chi connectivity index (χ3v) is 8.41. The fourth-order valence-corrected chi connectivity index (χ4v) is 5.69. The predicted molar refractivity (Wildman–Crippen MR) is 176 cm³/mol. The molecule has 0 aliphatic heterocycles. The van der Waals surface area contributed by atoms with E-state index in [9.17, 15) is 27.5 Å². The number of rotatable bonds is 11. The van der Waals surface area contributed by atoms with Crippen molar-refractivity contribution in [1.29, 1.82) is 0 Å². The Morgan fingerprint density at radius 3 is 2.58 bits per heavy atom. The van der Waals surface area contributed by atoms with Crippen LogP contribution in [0.3, 0.4) is 0 Å². The van der Waals surface area contributed by atoms with Crippen LogP contribution in [-0.4, -0.2) is 50.2 Å². The fraction of sp³-hybridized carbons (Fsp3) is 0.200. The molecule has 6 aromatic rings. The number of hydrogen-bond donors (Lipinski definition) is 2.